The summed E-state index contributed by atoms with van der Waals surface area (Å²) in [5.41, 5.74) is -1.41. The van der Waals surface area contributed by atoms with Crippen molar-refractivity contribution in [1.29, 1.82) is 0 Å². The number of hydrogen-bond acceptors (Lipinski definition) is 0. The Morgan fingerprint density at radius 1 is 1.00 bits per heavy atom. The van der Waals surface area contributed by atoms with Crippen LogP contribution in [0.2, 0.25) is 0 Å². The van der Waals surface area contributed by atoms with E-state index in [-0.39, 0.29) is 5.92 Å². The van der Waals surface area contributed by atoms with Gasteiger partial charge in [0.25, 0.3) is 0 Å². The van der Waals surface area contributed by atoms with Crippen molar-refractivity contribution in [2.75, 3.05) is 0 Å². The summed E-state index contributed by atoms with van der Waals surface area (Å²) < 4.78 is 27.4. The summed E-state index contributed by atoms with van der Waals surface area (Å²) in [6.07, 6.45) is 2.99. The quantitative estimate of drug-likeness (QED) is 0.527. The molecule has 4 saturated carbocycles. The van der Waals surface area contributed by atoms with E-state index in [0.29, 0.717) is 24.7 Å². The van der Waals surface area contributed by atoms with Gasteiger partial charge in [-0.25, -0.2) is 8.78 Å². The minimum atomic E-state index is -1.41. The van der Waals surface area contributed by atoms with Crippen LogP contribution in [0.15, 0.2) is 0 Å². The first-order valence-electron chi connectivity index (χ1n) is 5.00. The molecule has 0 N–H and O–H groups in total. The van der Waals surface area contributed by atoms with Crippen molar-refractivity contribution in [3.8, 4) is 0 Å². The van der Waals surface area contributed by atoms with Crippen molar-refractivity contribution >= 4 is 0 Å². The fourth-order valence-electron chi connectivity index (χ4n) is 3.88. The third-order valence-corrected chi connectivity index (χ3v) is 4.10. The maximum absolute atomic E-state index is 13.9. The minimum absolute atomic E-state index is 0.0706. The summed E-state index contributed by atoms with van der Waals surface area (Å²) in [4.78, 5) is 0. The Morgan fingerprint density at radius 2 is 1.58 bits per heavy atom. The van der Waals surface area contributed by atoms with Crippen LogP contribution in [-0.4, -0.2) is 11.8 Å². The van der Waals surface area contributed by atoms with Gasteiger partial charge >= 0.3 is 0 Å². The zero-order valence-electron chi connectivity index (χ0n) is 7.10. The lowest BCUT2D eigenvalue weighted by atomic mass is 9.54. The molecule has 68 valence electrons. The van der Waals surface area contributed by atoms with E-state index in [0.717, 1.165) is 12.8 Å². The lowest BCUT2D eigenvalue weighted by Gasteiger charge is -2.54. The molecule has 0 heterocycles. The summed E-state index contributed by atoms with van der Waals surface area (Å²) in [6, 6.07) is 0. The molecule has 4 aliphatic rings. The molecule has 4 aliphatic carbocycles. The van der Waals surface area contributed by atoms with Gasteiger partial charge in [0.05, 0.1) is 0 Å². The van der Waals surface area contributed by atoms with Gasteiger partial charge in [0, 0.05) is 0 Å². The van der Waals surface area contributed by atoms with Gasteiger partial charge in [0.15, 0.2) is 0 Å². The molecule has 0 radical (unpaired) electrons. The fourth-order valence-corrected chi connectivity index (χ4v) is 3.88. The number of halogens is 2. The average Bonchev–Trinajstić information content (AvgIpc) is 1.98. The van der Waals surface area contributed by atoms with E-state index in [1.807, 2.05) is 0 Å². The van der Waals surface area contributed by atoms with Gasteiger partial charge in [-0.1, -0.05) is 0 Å². The predicted molar refractivity (Wildman–Crippen MR) is 42.3 cm³/mol. The molecule has 0 spiro atoms. The maximum Gasteiger partial charge on any atom is 0.142 e. The predicted octanol–water partition coefficient (Wildman–Crippen LogP) is 2.87. The summed E-state index contributed by atoms with van der Waals surface area (Å²) in [5, 5.41) is 0. The zero-order chi connectivity index (χ0) is 8.34. The molecule has 12 heavy (non-hydrogen) atoms. The Balaban J connectivity index is 1.97. The normalized spacial score (nSPS) is 62.5. The molecule has 2 heteroatoms. The Hall–Kier alpha value is -0.140. The molecule has 0 aliphatic heterocycles. The van der Waals surface area contributed by atoms with Crippen LogP contribution in [0.4, 0.5) is 8.78 Å². The topological polar surface area (TPSA) is 0 Å². The first-order valence-corrected chi connectivity index (χ1v) is 5.00. The Kier molecular flexibility index (Phi) is 1.23. The zero-order valence-corrected chi connectivity index (χ0v) is 7.10. The highest BCUT2D eigenvalue weighted by Gasteiger charge is 2.58. The molecule has 0 saturated heterocycles. The Morgan fingerprint density at radius 3 is 2.08 bits per heavy atom. The summed E-state index contributed by atoms with van der Waals surface area (Å²) in [7, 11) is 0. The highest BCUT2D eigenvalue weighted by molar-refractivity contribution is 5.07. The average molecular weight is 172 g/mol. The van der Waals surface area contributed by atoms with Crippen molar-refractivity contribution < 1.29 is 8.78 Å². The molecule has 4 bridgehead atoms. The van der Waals surface area contributed by atoms with Gasteiger partial charge in [0.1, 0.15) is 11.8 Å². The van der Waals surface area contributed by atoms with E-state index in [4.69, 9.17) is 0 Å². The van der Waals surface area contributed by atoms with Crippen molar-refractivity contribution in [2.24, 2.45) is 17.8 Å². The third kappa shape index (κ3) is 0.763. The largest absolute Gasteiger partial charge is 0.244 e. The standard InChI is InChI=1S/C10H14F2/c11-9-8-2-6-1-7(3-8)5-10(9,12)4-6/h6-9H,1-5H2/t6-,7+,8?,9-,10?/m1/s1. The second-order valence-corrected chi connectivity index (χ2v) is 5.04. The summed E-state index contributed by atoms with van der Waals surface area (Å²) in [5.74, 6) is 1.10. The number of hydrogen-bond donors (Lipinski definition) is 0. The second-order valence-electron chi connectivity index (χ2n) is 5.04. The van der Waals surface area contributed by atoms with Crippen molar-refractivity contribution in [3.63, 3.8) is 0 Å². The van der Waals surface area contributed by atoms with E-state index in [2.05, 4.69) is 0 Å². The fraction of sp³-hybridized carbons (Fsp3) is 1.00. The summed E-state index contributed by atoms with van der Waals surface area (Å²) in [6.45, 7) is 0. The highest BCUT2D eigenvalue weighted by atomic mass is 19.2. The molecule has 4 rings (SSSR count). The van der Waals surface area contributed by atoms with Crippen LogP contribution in [0.1, 0.15) is 32.1 Å². The molecule has 0 aromatic heterocycles. The first-order chi connectivity index (χ1) is 5.67. The van der Waals surface area contributed by atoms with Crippen LogP contribution >= 0.6 is 0 Å². The SMILES string of the molecule is F[C@@H]1C2C[C@@H]3C[C@H](C2)CC1(F)C3. The molecule has 0 amide bonds. The van der Waals surface area contributed by atoms with Gasteiger partial charge in [-0.3, -0.25) is 0 Å². The van der Waals surface area contributed by atoms with E-state index in [1.54, 1.807) is 0 Å². The van der Waals surface area contributed by atoms with Crippen LogP contribution < -0.4 is 0 Å². The molecule has 0 aromatic rings. The first kappa shape index (κ1) is 7.28. The maximum atomic E-state index is 13.9. The van der Waals surface area contributed by atoms with Crippen LogP contribution in [0.25, 0.3) is 0 Å². The van der Waals surface area contributed by atoms with Gasteiger partial charge in [-0.15, -0.1) is 0 Å². The van der Waals surface area contributed by atoms with Crippen molar-refractivity contribution in [2.45, 2.75) is 43.9 Å². The van der Waals surface area contributed by atoms with E-state index < -0.39 is 11.8 Å². The molecule has 4 fully saturated rings. The molecular weight excluding hydrogens is 158 g/mol. The number of alkyl halides is 2. The van der Waals surface area contributed by atoms with E-state index in [1.165, 1.54) is 6.42 Å². The molecular formula is C10H14F2. The molecule has 0 aromatic carbocycles. The smallest absolute Gasteiger partial charge is 0.142 e. The monoisotopic (exact) mass is 172 g/mol. The number of rotatable bonds is 0. The lowest BCUT2D eigenvalue weighted by Crippen LogP contribution is -2.56. The Labute approximate surface area is 71.3 Å². The molecule has 5 atom stereocenters. The van der Waals surface area contributed by atoms with Gasteiger partial charge < -0.3 is 0 Å². The van der Waals surface area contributed by atoms with E-state index >= 15 is 0 Å². The van der Waals surface area contributed by atoms with Crippen LogP contribution in [-0.2, 0) is 0 Å². The molecule has 2 unspecified atom stereocenters. The van der Waals surface area contributed by atoms with E-state index in [9.17, 15) is 8.78 Å². The third-order valence-electron chi connectivity index (χ3n) is 4.10. The highest BCUT2D eigenvalue weighted by Crippen LogP contribution is 2.58. The lowest BCUT2D eigenvalue weighted by molar-refractivity contribution is -0.134. The van der Waals surface area contributed by atoms with Crippen LogP contribution in [0.3, 0.4) is 0 Å². The Bertz CT molecular complexity index is 200. The van der Waals surface area contributed by atoms with Crippen molar-refractivity contribution in [3.05, 3.63) is 0 Å². The van der Waals surface area contributed by atoms with Crippen LogP contribution in [0.5, 0.6) is 0 Å². The van der Waals surface area contributed by atoms with Gasteiger partial charge in [0.2, 0.25) is 0 Å². The molecule has 0 nitrogen and oxygen atoms in total. The second kappa shape index (κ2) is 2.02. The summed E-state index contributed by atoms with van der Waals surface area (Å²) >= 11 is 0. The van der Waals surface area contributed by atoms with Gasteiger partial charge in [-0.05, 0) is 49.9 Å². The van der Waals surface area contributed by atoms with Gasteiger partial charge in [-0.2, -0.15) is 0 Å². The minimum Gasteiger partial charge on any atom is -0.244 e. The van der Waals surface area contributed by atoms with Crippen LogP contribution in [0, 0.1) is 17.8 Å². The van der Waals surface area contributed by atoms with Crippen molar-refractivity contribution in [1.82, 2.24) is 0 Å².